The molecule has 2 heterocycles. The first-order chi connectivity index (χ1) is 28.2. The van der Waals surface area contributed by atoms with Crippen molar-refractivity contribution in [2.75, 3.05) is 13.2 Å². The van der Waals surface area contributed by atoms with Gasteiger partial charge in [-0.2, -0.15) is 18.3 Å². The average molecular weight is 857 g/mol. The van der Waals surface area contributed by atoms with Gasteiger partial charge in [0.05, 0.1) is 30.6 Å². The molecule has 5 saturated carbocycles. The molecule has 6 fully saturated rings. The van der Waals surface area contributed by atoms with Crippen LogP contribution in [0.5, 0.6) is 0 Å². The largest absolute Gasteiger partial charge is 0.481 e. The lowest BCUT2D eigenvalue weighted by atomic mass is 9.33. The van der Waals surface area contributed by atoms with Gasteiger partial charge < -0.3 is 25.2 Å². The maximum absolute atomic E-state index is 14.5. The van der Waals surface area contributed by atoms with Gasteiger partial charge in [-0.05, 0) is 114 Å². The number of fused-ring (bicyclic) bond motifs is 7. The van der Waals surface area contributed by atoms with E-state index in [9.17, 15) is 42.3 Å². The SMILES string of the molecule is CC(C)C1=C2[C@H]3CC[C@@H]4[C@@]5(C)CC[C@H](OC(=O)[C@H]6C[C@@H](C(=O)O)C6(C)C)C(C)(C)[C@@H]5CC[C@@]4(C)[C@]3(C)CC[C@@]2(NC(=O)C2(NC(=O)c3cc(C(F)(F)F)[nH]n3)COC2)CC1=O. The highest BCUT2D eigenvalue weighted by atomic mass is 19.4. The number of aliphatic carboxylic acids is 1. The van der Waals surface area contributed by atoms with E-state index in [0.29, 0.717) is 24.8 Å². The minimum absolute atomic E-state index is 0.00518. The monoisotopic (exact) mass is 856 g/mol. The Morgan fingerprint density at radius 2 is 1.57 bits per heavy atom. The zero-order valence-electron chi connectivity index (χ0n) is 37.0. The molecule has 1 aliphatic heterocycles. The van der Waals surface area contributed by atoms with Gasteiger partial charge in [-0.1, -0.05) is 62.3 Å². The van der Waals surface area contributed by atoms with Gasteiger partial charge in [-0.3, -0.25) is 29.1 Å². The Hall–Kier alpha value is -3.75. The summed E-state index contributed by atoms with van der Waals surface area (Å²) in [6.45, 7) is 19.2. The van der Waals surface area contributed by atoms with Gasteiger partial charge in [-0.15, -0.1) is 0 Å². The van der Waals surface area contributed by atoms with Gasteiger partial charge in [0.25, 0.3) is 11.8 Å². The molecular formula is C46H63F3N4O8. The standard InChI is InChI=1S/C46H63F3N4O8/c1-23(2)33-28(54)20-44(51-38(59)45(21-60-22-45)50-35(55)27-19-31(53-52-27)46(47,48)49)17-16-42(8)24(34(33)44)10-11-30-41(7)14-13-32(40(5,6)29(41)12-15-43(30,42)9)61-37(58)26-18-25(36(56)57)39(26,3)4/h19,23-26,29-30,32H,10-18,20-22H2,1-9H3,(H,50,55)(H,51,59)(H,52,53)(H,56,57)/t24-,25+,26-,29+,30-,32+,41+,42-,43-,44-/m1/s1. The predicted octanol–water partition coefficient (Wildman–Crippen LogP) is 7.44. The molecule has 0 aromatic carbocycles. The molecule has 61 heavy (non-hydrogen) atoms. The zero-order valence-corrected chi connectivity index (χ0v) is 37.0. The van der Waals surface area contributed by atoms with Crippen LogP contribution < -0.4 is 10.6 Å². The van der Waals surface area contributed by atoms with E-state index in [-0.39, 0.29) is 76.9 Å². The van der Waals surface area contributed by atoms with Crippen molar-refractivity contribution in [2.24, 2.45) is 62.6 Å². The van der Waals surface area contributed by atoms with Gasteiger partial charge in [-0.25, -0.2) is 0 Å². The third-order valence-electron chi connectivity index (χ3n) is 18.4. The van der Waals surface area contributed by atoms with Crippen molar-refractivity contribution in [3.63, 3.8) is 0 Å². The first-order valence-electron chi connectivity index (χ1n) is 22.2. The number of carbonyl (C=O) groups is 5. The van der Waals surface area contributed by atoms with Crippen molar-refractivity contribution in [3.8, 4) is 0 Å². The van der Waals surface area contributed by atoms with E-state index >= 15 is 0 Å². The van der Waals surface area contributed by atoms with E-state index in [2.05, 4.69) is 50.4 Å². The number of Topliss-reactive ketones (excluding diaryl/α,β-unsaturated/α-hetero) is 1. The molecule has 12 nitrogen and oxygen atoms in total. The molecule has 0 unspecified atom stereocenters. The van der Waals surface area contributed by atoms with Crippen LogP contribution in [0.1, 0.15) is 143 Å². The van der Waals surface area contributed by atoms with Crippen molar-refractivity contribution in [1.29, 1.82) is 0 Å². The summed E-state index contributed by atoms with van der Waals surface area (Å²) >= 11 is 0. The fourth-order valence-corrected chi connectivity index (χ4v) is 14.7. The van der Waals surface area contributed by atoms with Crippen LogP contribution in [-0.4, -0.2) is 75.2 Å². The third-order valence-corrected chi connectivity index (χ3v) is 18.4. The van der Waals surface area contributed by atoms with Crippen LogP contribution in [0.4, 0.5) is 13.2 Å². The molecule has 8 rings (SSSR count). The first kappa shape index (κ1) is 43.9. The number of halogens is 3. The summed E-state index contributed by atoms with van der Waals surface area (Å²) in [7, 11) is 0. The van der Waals surface area contributed by atoms with Crippen LogP contribution in [0, 0.1) is 62.6 Å². The van der Waals surface area contributed by atoms with Crippen LogP contribution in [0.2, 0.25) is 0 Å². The van der Waals surface area contributed by atoms with Gasteiger partial charge in [0.1, 0.15) is 11.8 Å². The molecule has 0 radical (unpaired) electrons. The molecule has 336 valence electrons. The third kappa shape index (κ3) is 6.21. The van der Waals surface area contributed by atoms with E-state index < -0.39 is 63.7 Å². The van der Waals surface area contributed by atoms with Gasteiger partial charge in [0, 0.05) is 17.9 Å². The molecule has 0 spiro atoms. The van der Waals surface area contributed by atoms with Crippen molar-refractivity contribution in [2.45, 2.75) is 150 Å². The Bertz CT molecular complexity index is 2090. The number of amides is 2. The minimum atomic E-state index is -4.73. The second-order valence-corrected chi connectivity index (χ2v) is 22.2. The van der Waals surface area contributed by atoms with Crippen molar-refractivity contribution >= 4 is 29.5 Å². The highest BCUT2D eigenvalue weighted by molar-refractivity contribution is 6.04. The molecule has 1 aromatic heterocycles. The molecule has 4 N–H and O–H groups in total. The summed E-state index contributed by atoms with van der Waals surface area (Å²) < 4.78 is 51.7. The summed E-state index contributed by atoms with van der Waals surface area (Å²) in [6, 6.07) is 0.606. The Kier molecular flexibility index (Phi) is 9.98. The summed E-state index contributed by atoms with van der Waals surface area (Å²) in [4.78, 5) is 67.3. The summed E-state index contributed by atoms with van der Waals surface area (Å²) in [6.07, 6.45) is 1.98. The number of carbonyl (C=O) groups excluding carboxylic acids is 4. The topological polar surface area (TPSA) is 177 Å². The lowest BCUT2D eigenvalue weighted by Gasteiger charge is -2.72. The number of alkyl halides is 3. The first-order valence-corrected chi connectivity index (χ1v) is 22.2. The van der Waals surface area contributed by atoms with Gasteiger partial charge >= 0.3 is 18.1 Å². The fraction of sp³-hybridized carbons (Fsp3) is 0.783. The van der Waals surface area contributed by atoms with Gasteiger partial charge in [0.15, 0.2) is 17.0 Å². The fourth-order valence-electron chi connectivity index (χ4n) is 14.7. The van der Waals surface area contributed by atoms with E-state index in [1.165, 1.54) is 0 Å². The second kappa shape index (κ2) is 13.9. The highest BCUT2D eigenvalue weighted by Crippen LogP contribution is 2.76. The number of H-pyrrole nitrogens is 1. The number of hydrogen-bond donors (Lipinski definition) is 4. The molecule has 10 atom stereocenters. The molecule has 6 aliphatic carbocycles. The number of carboxylic acid groups (broad SMARTS) is 1. The van der Waals surface area contributed by atoms with E-state index in [4.69, 9.17) is 9.47 Å². The van der Waals surface area contributed by atoms with E-state index in [1.54, 1.807) is 0 Å². The molecule has 7 aliphatic rings. The van der Waals surface area contributed by atoms with Crippen molar-refractivity contribution in [1.82, 2.24) is 20.8 Å². The van der Waals surface area contributed by atoms with Crippen LogP contribution >= 0.6 is 0 Å². The van der Waals surface area contributed by atoms with Crippen LogP contribution in [0.25, 0.3) is 0 Å². The Balaban J connectivity index is 1.04. The Labute approximate surface area is 355 Å². The molecule has 0 bridgehead atoms. The number of allylic oxidation sites excluding steroid dienone is 1. The summed E-state index contributed by atoms with van der Waals surface area (Å²) in [5.74, 6) is -3.09. The molecular weight excluding hydrogens is 794 g/mol. The maximum atomic E-state index is 14.5. The quantitative estimate of drug-likeness (QED) is 0.194. The highest BCUT2D eigenvalue weighted by Gasteiger charge is 2.71. The van der Waals surface area contributed by atoms with Crippen LogP contribution in [0.3, 0.4) is 0 Å². The molecule has 15 heteroatoms. The van der Waals surface area contributed by atoms with Crippen LogP contribution in [0.15, 0.2) is 17.2 Å². The number of aromatic nitrogens is 2. The lowest BCUT2D eigenvalue weighted by molar-refractivity contribution is -0.235. The van der Waals surface area contributed by atoms with Crippen molar-refractivity contribution in [3.05, 3.63) is 28.6 Å². The van der Waals surface area contributed by atoms with E-state index in [0.717, 1.165) is 56.1 Å². The number of rotatable bonds is 8. The van der Waals surface area contributed by atoms with E-state index in [1.807, 2.05) is 32.8 Å². The van der Waals surface area contributed by atoms with Crippen LogP contribution in [-0.2, 0) is 34.8 Å². The molecule has 2 amide bonds. The summed E-state index contributed by atoms with van der Waals surface area (Å²) in [5.41, 5.74) is -3.80. The number of carboxylic acids is 1. The number of ether oxygens (including phenoxy) is 2. The molecule has 1 aromatic rings. The normalized spacial score (nSPS) is 39.4. The minimum Gasteiger partial charge on any atom is -0.481 e. The number of esters is 1. The number of nitrogens with one attached hydrogen (secondary N) is 3. The lowest BCUT2D eigenvalue weighted by Crippen LogP contribution is -2.73. The Morgan fingerprint density at radius 3 is 2.15 bits per heavy atom. The number of hydrogen-bond acceptors (Lipinski definition) is 8. The summed E-state index contributed by atoms with van der Waals surface area (Å²) in [5, 5.41) is 21.0. The Morgan fingerprint density at radius 1 is 0.885 bits per heavy atom. The van der Waals surface area contributed by atoms with Gasteiger partial charge in [0.2, 0.25) is 0 Å². The number of ketones is 1. The number of aromatic amines is 1. The number of nitrogens with zero attached hydrogens (tertiary/aromatic N) is 1. The maximum Gasteiger partial charge on any atom is 0.432 e. The molecule has 1 saturated heterocycles. The predicted molar refractivity (Wildman–Crippen MR) is 215 cm³/mol. The average Bonchev–Trinajstić information content (AvgIpc) is 3.74. The smallest absolute Gasteiger partial charge is 0.432 e. The zero-order chi connectivity index (χ0) is 44.7. The second-order valence-electron chi connectivity index (χ2n) is 22.2. The van der Waals surface area contributed by atoms with Crippen molar-refractivity contribution < 1.29 is 51.7 Å².